The van der Waals surface area contributed by atoms with E-state index in [0.717, 1.165) is 12.0 Å². The van der Waals surface area contributed by atoms with Gasteiger partial charge in [-0.3, -0.25) is 0 Å². The van der Waals surface area contributed by atoms with Gasteiger partial charge >= 0.3 is 5.97 Å². The molecule has 0 saturated heterocycles. The molecule has 5 nitrogen and oxygen atoms in total. The van der Waals surface area contributed by atoms with Gasteiger partial charge in [0, 0.05) is 6.54 Å². The van der Waals surface area contributed by atoms with Gasteiger partial charge in [-0.05, 0) is 49.4 Å². The van der Waals surface area contributed by atoms with Crippen molar-refractivity contribution in [3.63, 3.8) is 0 Å². The van der Waals surface area contributed by atoms with Crippen molar-refractivity contribution in [2.75, 3.05) is 11.9 Å². The average molecular weight is 389 g/mol. The van der Waals surface area contributed by atoms with E-state index in [1.807, 2.05) is 12.1 Å². The first kappa shape index (κ1) is 20.5. The molecule has 0 radical (unpaired) electrons. The number of esters is 1. The van der Waals surface area contributed by atoms with Gasteiger partial charge in [-0.25, -0.2) is 14.8 Å². The Morgan fingerprint density at radius 2 is 1.62 bits per heavy atom. The van der Waals surface area contributed by atoms with Crippen molar-refractivity contribution < 1.29 is 9.53 Å². The molecule has 1 aromatic heterocycles. The van der Waals surface area contributed by atoms with E-state index in [-0.39, 0.29) is 5.97 Å². The van der Waals surface area contributed by atoms with Crippen LogP contribution in [-0.4, -0.2) is 22.5 Å². The molecule has 150 valence electrons. The molecule has 0 amide bonds. The molecule has 0 aliphatic heterocycles. The third kappa shape index (κ3) is 4.80. The molecule has 0 bridgehead atoms. The molecule has 5 heteroatoms. The Balaban J connectivity index is 1.81. The first-order chi connectivity index (χ1) is 14.0. The Labute approximate surface area is 172 Å². The summed E-state index contributed by atoms with van der Waals surface area (Å²) in [6, 6.07) is 17.0. The van der Waals surface area contributed by atoms with E-state index in [4.69, 9.17) is 4.74 Å². The molecule has 0 atom stereocenters. The molecular weight excluding hydrogens is 362 g/mol. The zero-order valence-electron chi connectivity index (χ0n) is 17.5. The standard InChI is InChI=1S/C24H27N3O2/c1-5-18-11-13-19(14-12-18)21-10-8-7-9-20(21)15-25-24-26-16(3)22(17(4)27-24)23(28)29-6-2/h7-14H,5-6,15H2,1-4H3,(H,25,26,27). The number of hydrogen-bond donors (Lipinski definition) is 1. The van der Waals surface area contributed by atoms with Crippen LogP contribution in [0.25, 0.3) is 11.1 Å². The van der Waals surface area contributed by atoms with Crippen LogP contribution in [0.15, 0.2) is 48.5 Å². The minimum absolute atomic E-state index is 0.327. The van der Waals surface area contributed by atoms with Crippen LogP contribution in [-0.2, 0) is 17.7 Å². The molecule has 29 heavy (non-hydrogen) atoms. The van der Waals surface area contributed by atoms with Crippen molar-refractivity contribution in [3.05, 3.63) is 76.6 Å². The smallest absolute Gasteiger partial charge is 0.341 e. The second-order valence-electron chi connectivity index (χ2n) is 6.87. The Morgan fingerprint density at radius 1 is 0.966 bits per heavy atom. The third-order valence-electron chi connectivity index (χ3n) is 4.88. The molecule has 0 spiro atoms. The number of rotatable bonds is 7. The Bertz CT molecular complexity index is 974. The summed E-state index contributed by atoms with van der Waals surface area (Å²) in [6.45, 7) is 8.46. The molecule has 3 aromatic rings. The fourth-order valence-electron chi connectivity index (χ4n) is 3.34. The molecule has 0 aliphatic rings. The normalized spacial score (nSPS) is 10.6. The van der Waals surface area contributed by atoms with Crippen LogP contribution >= 0.6 is 0 Å². The van der Waals surface area contributed by atoms with E-state index < -0.39 is 0 Å². The highest BCUT2D eigenvalue weighted by Crippen LogP contribution is 2.25. The van der Waals surface area contributed by atoms with Gasteiger partial charge in [0.05, 0.1) is 18.0 Å². The topological polar surface area (TPSA) is 64.1 Å². The number of hydrogen-bond acceptors (Lipinski definition) is 5. The van der Waals surface area contributed by atoms with E-state index in [9.17, 15) is 4.79 Å². The molecule has 0 saturated carbocycles. The monoisotopic (exact) mass is 389 g/mol. The van der Waals surface area contributed by atoms with Crippen molar-refractivity contribution in [1.29, 1.82) is 0 Å². The van der Waals surface area contributed by atoms with Crippen LogP contribution in [0, 0.1) is 13.8 Å². The van der Waals surface area contributed by atoms with Gasteiger partial charge in [0.1, 0.15) is 5.56 Å². The quantitative estimate of drug-likeness (QED) is 0.569. The number of carbonyl (C=O) groups excluding carboxylic acids is 1. The molecule has 0 unspecified atom stereocenters. The fraction of sp³-hybridized carbons (Fsp3) is 0.292. The summed E-state index contributed by atoms with van der Waals surface area (Å²) < 4.78 is 5.10. The number of anilines is 1. The van der Waals surface area contributed by atoms with E-state index in [2.05, 4.69) is 58.6 Å². The Morgan fingerprint density at radius 3 is 2.24 bits per heavy atom. The largest absolute Gasteiger partial charge is 0.462 e. The van der Waals surface area contributed by atoms with Crippen LogP contribution in [0.5, 0.6) is 0 Å². The first-order valence-corrected chi connectivity index (χ1v) is 9.96. The Kier molecular flexibility index (Phi) is 6.60. The molecule has 2 aromatic carbocycles. The van der Waals surface area contributed by atoms with Crippen molar-refractivity contribution >= 4 is 11.9 Å². The van der Waals surface area contributed by atoms with Crippen LogP contribution in [0.2, 0.25) is 0 Å². The maximum absolute atomic E-state index is 12.1. The van der Waals surface area contributed by atoms with Crippen molar-refractivity contribution in [2.45, 2.75) is 40.7 Å². The minimum atomic E-state index is -0.380. The predicted octanol–water partition coefficient (Wildman–Crippen LogP) is 5.11. The third-order valence-corrected chi connectivity index (χ3v) is 4.88. The van der Waals surface area contributed by atoms with Crippen molar-refractivity contribution in [2.24, 2.45) is 0 Å². The van der Waals surface area contributed by atoms with Crippen molar-refractivity contribution in [1.82, 2.24) is 9.97 Å². The molecule has 1 N–H and O–H groups in total. The van der Waals surface area contributed by atoms with Gasteiger partial charge in [-0.15, -0.1) is 0 Å². The second-order valence-corrected chi connectivity index (χ2v) is 6.87. The summed E-state index contributed by atoms with van der Waals surface area (Å²) in [5.41, 5.74) is 6.51. The summed E-state index contributed by atoms with van der Waals surface area (Å²) >= 11 is 0. The summed E-state index contributed by atoms with van der Waals surface area (Å²) in [5, 5.41) is 3.30. The lowest BCUT2D eigenvalue weighted by atomic mass is 9.98. The number of ether oxygens (including phenoxy) is 1. The van der Waals surface area contributed by atoms with Crippen molar-refractivity contribution in [3.8, 4) is 11.1 Å². The lowest BCUT2D eigenvalue weighted by Gasteiger charge is -2.13. The summed E-state index contributed by atoms with van der Waals surface area (Å²) in [7, 11) is 0. The van der Waals surface area contributed by atoms with Crippen LogP contribution < -0.4 is 5.32 Å². The van der Waals surface area contributed by atoms with Gasteiger partial charge in [-0.2, -0.15) is 0 Å². The van der Waals surface area contributed by atoms with Gasteiger partial charge in [0.2, 0.25) is 5.95 Å². The number of nitrogens with zero attached hydrogens (tertiary/aromatic N) is 2. The summed E-state index contributed by atoms with van der Waals surface area (Å²) in [6.07, 6.45) is 1.03. The van der Waals surface area contributed by atoms with Gasteiger partial charge in [0.15, 0.2) is 0 Å². The zero-order chi connectivity index (χ0) is 20.8. The number of aromatic nitrogens is 2. The molecule has 1 heterocycles. The highest BCUT2D eigenvalue weighted by molar-refractivity contribution is 5.91. The molecule has 0 aliphatic carbocycles. The maximum atomic E-state index is 12.1. The van der Waals surface area contributed by atoms with Gasteiger partial charge in [0.25, 0.3) is 0 Å². The van der Waals surface area contributed by atoms with E-state index >= 15 is 0 Å². The van der Waals surface area contributed by atoms with Crippen LogP contribution in [0.3, 0.4) is 0 Å². The van der Waals surface area contributed by atoms with Crippen LogP contribution in [0.1, 0.15) is 46.7 Å². The number of nitrogens with one attached hydrogen (secondary N) is 1. The molecule has 3 rings (SSSR count). The minimum Gasteiger partial charge on any atom is -0.462 e. The SMILES string of the molecule is CCOC(=O)c1c(C)nc(NCc2ccccc2-c2ccc(CC)cc2)nc1C. The lowest BCUT2D eigenvalue weighted by Crippen LogP contribution is -2.14. The summed E-state index contributed by atoms with van der Waals surface area (Å²) in [4.78, 5) is 21.0. The highest BCUT2D eigenvalue weighted by atomic mass is 16.5. The van der Waals surface area contributed by atoms with E-state index in [1.54, 1.807) is 20.8 Å². The van der Waals surface area contributed by atoms with Gasteiger partial charge < -0.3 is 10.1 Å². The Hall–Kier alpha value is -3.21. The fourth-order valence-corrected chi connectivity index (χ4v) is 3.34. The number of benzene rings is 2. The second kappa shape index (κ2) is 9.32. The highest BCUT2D eigenvalue weighted by Gasteiger charge is 2.17. The average Bonchev–Trinajstić information content (AvgIpc) is 2.72. The first-order valence-electron chi connectivity index (χ1n) is 9.96. The van der Waals surface area contributed by atoms with E-state index in [1.165, 1.54) is 16.7 Å². The number of carbonyl (C=O) groups is 1. The number of aryl methyl sites for hydroxylation is 3. The predicted molar refractivity (Wildman–Crippen MR) is 116 cm³/mol. The zero-order valence-corrected chi connectivity index (χ0v) is 17.5. The molecule has 0 fully saturated rings. The summed E-state index contributed by atoms with van der Waals surface area (Å²) in [5.74, 6) is 0.124. The van der Waals surface area contributed by atoms with E-state index in [0.29, 0.717) is 36.1 Å². The van der Waals surface area contributed by atoms with Gasteiger partial charge in [-0.1, -0.05) is 55.5 Å². The lowest BCUT2D eigenvalue weighted by molar-refractivity contribution is 0.0523. The molecular formula is C24H27N3O2. The van der Waals surface area contributed by atoms with Crippen LogP contribution in [0.4, 0.5) is 5.95 Å². The maximum Gasteiger partial charge on any atom is 0.341 e.